The van der Waals surface area contributed by atoms with Crippen LogP contribution in [0.25, 0.3) is 16.9 Å². The molecule has 1 heterocycles. The second-order valence-electron chi connectivity index (χ2n) is 9.03. The number of ether oxygens (including phenoxy) is 1. The maximum atomic E-state index is 13.8. The molecule has 0 spiro atoms. The van der Waals surface area contributed by atoms with Crippen LogP contribution in [0.3, 0.4) is 0 Å². The van der Waals surface area contributed by atoms with Crippen LogP contribution >= 0.6 is 0 Å². The summed E-state index contributed by atoms with van der Waals surface area (Å²) in [4.78, 5) is 39.3. The first-order valence-corrected chi connectivity index (χ1v) is 12.5. The van der Waals surface area contributed by atoms with E-state index < -0.39 is 0 Å². The number of benzene rings is 3. The van der Waals surface area contributed by atoms with Crippen molar-refractivity contribution in [3.05, 3.63) is 90.1 Å². The second-order valence-corrected chi connectivity index (χ2v) is 9.03. The average Bonchev–Trinajstić information content (AvgIpc) is 3.38. The van der Waals surface area contributed by atoms with Gasteiger partial charge in [-0.25, -0.2) is 4.68 Å². The molecule has 0 saturated carbocycles. The summed E-state index contributed by atoms with van der Waals surface area (Å²) in [5.74, 6) is -0.189. The minimum atomic E-state index is -0.341. The molecule has 0 saturated heterocycles. The number of hydrogen-bond donors (Lipinski definition) is 2. The molecule has 39 heavy (non-hydrogen) atoms. The van der Waals surface area contributed by atoms with Gasteiger partial charge in [-0.15, -0.1) is 0 Å². The van der Waals surface area contributed by atoms with E-state index in [9.17, 15) is 14.4 Å². The van der Waals surface area contributed by atoms with Gasteiger partial charge in [0.15, 0.2) is 0 Å². The van der Waals surface area contributed by atoms with Crippen molar-refractivity contribution in [3.8, 4) is 22.7 Å². The zero-order valence-corrected chi connectivity index (χ0v) is 22.4. The molecule has 0 bridgehead atoms. The summed E-state index contributed by atoms with van der Waals surface area (Å²) in [7, 11) is 1.58. The quantitative estimate of drug-likeness (QED) is 0.323. The monoisotopic (exact) mass is 525 g/mol. The molecule has 0 aliphatic heterocycles. The Morgan fingerprint density at radius 3 is 2.23 bits per heavy atom. The lowest BCUT2D eigenvalue weighted by molar-refractivity contribution is -0.117. The summed E-state index contributed by atoms with van der Waals surface area (Å²) < 4.78 is 7.05. The van der Waals surface area contributed by atoms with Crippen molar-refractivity contribution in [2.75, 3.05) is 30.8 Å². The van der Waals surface area contributed by atoms with Gasteiger partial charge in [0.25, 0.3) is 5.91 Å². The Morgan fingerprint density at radius 2 is 1.62 bits per heavy atom. The predicted octanol–water partition coefficient (Wildman–Crippen LogP) is 4.92. The molecule has 0 fully saturated rings. The van der Waals surface area contributed by atoms with Gasteiger partial charge in [-0.3, -0.25) is 14.4 Å². The number of aromatic nitrogens is 2. The Balaban J connectivity index is 1.59. The van der Waals surface area contributed by atoms with Gasteiger partial charge < -0.3 is 20.3 Å². The third-order valence-corrected chi connectivity index (χ3v) is 6.08. The summed E-state index contributed by atoms with van der Waals surface area (Å²) in [6, 6.07) is 22.0. The Bertz CT molecular complexity index is 1480. The number of anilines is 2. The van der Waals surface area contributed by atoms with Crippen LogP contribution in [0.15, 0.2) is 79.0 Å². The van der Waals surface area contributed by atoms with Crippen molar-refractivity contribution < 1.29 is 19.1 Å². The maximum Gasteiger partial charge on any atom is 0.258 e. The molecule has 9 heteroatoms. The van der Waals surface area contributed by atoms with Crippen LogP contribution in [0, 0.1) is 6.92 Å². The fourth-order valence-corrected chi connectivity index (χ4v) is 4.06. The minimum absolute atomic E-state index is 0.143. The van der Waals surface area contributed by atoms with Crippen molar-refractivity contribution in [1.82, 2.24) is 14.7 Å². The summed E-state index contributed by atoms with van der Waals surface area (Å²) in [6.07, 6.45) is 1.70. The lowest BCUT2D eigenvalue weighted by atomic mass is 10.1. The standard InChI is InChI=1S/C30H31N5O4/c1-5-34(19-28(37)32-24-13-11-23(12-14-24)31-21(3)36)30(38)27-18-35(25-15-9-20(2)10-16-25)33-29(27)22-7-6-8-26(17-22)39-4/h6-18H,5,19H2,1-4H3,(H,31,36)(H,32,37). The molecular formula is C30H31N5O4. The number of rotatable bonds is 9. The molecule has 0 unspecified atom stereocenters. The van der Waals surface area contributed by atoms with E-state index in [-0.39, 0.29) is 24.3 Å². The first kappa shape index (κ1) is 27.1. The smallest absolute Gasteiger partial charge is 0.258 e. The third-order valence-electron chi connectivity index (χ3n) is 6.08. The molecule has 3 amide bonds. The molecule has 4 rings (SSSR count). The van der Waals surface area contributed by atoms with Crippen molar-refractivity contribution in [3.63, 3.8) is 0 Å². The number of nitrogens with zero attached hydrogens (tertiary/aromatic N) is 3. The van der Waals surface area contributed by atoms with Gasteiger partial charge >= 0.3 is 0 Å². The largest absolute Gasteiger partial charge is 0.497 e. The van der Waals surface area contributed by atoms with Gasteiger partial charge in [0.1, 0.15) is 18.0 Å². The van der Waals surface area contributed by atoms with Crippen LogP contribution in [-0.2, 0) is 9.59 Å². The van der Waals surface area contributed by atoms with Crippen LogP contribution in [-0.4, -0.2) is 52.6 Å². The highest BCUT2D eigenvalue weighted by atomic mass is 16.5. The molecule has 200 valence electrons. The average molecular weight is 526 g/mol. The molecule has 9 nitrogen and oxygen atoms in total. The minimum Gasteiger partial charge on any atom is -0.497 e. The molecule has 4 aromatic rings. The highest BCUT2D eigenvalue weighted by Gasteiger charge is 2.24. The number of carbonyl (C=O) groups is 3. The molecule has 0 aliphatic rings. The molecule has 0 aliphatic carbocycles. The number of methoxy groups -OCH3 is 1. The normalized spacial score (nSPS) is 10.6. The fourth-order valence-electron chi connectivity index (χ4n) is 4.06. The lowest BCUT2D eigenvalue weighted by Gasteiger charge is -2.20. The zero-order valence-electron chi connectivity index (χ0n) is 22.4. The van der Waals surface area contributed by atoms with E-state index in [0.29, 0.717) is 34.9 Å². The molecule has 0 radical (unpaired) electrons. The topological polar surface area (TPSA) is 106 Å². The van der Waals surface area contributed by atoms with Crippen LogP contribution in [0.1, 0.15) is 29.8 Å². The molecule has 3 aromatic carbocycles. The van der Waals surface area contributed by atoms with Gasteiger partial charge in [0, 0.05) is 36.6 Å². The summed E-state index contributed by atoms with van der Waals surface area (Å²) in [6.45, 7) is 5.43. The first-order chi connectivity index (χ1) is 18.8. The molecular weight excluding hydrogens is 494 g/mol. The number of carbonyl (C=O) groups excluding carboxylic acids is 3. The van der Waals surface area contributed by atoms with Crippen LogP contribution < -0.4 is 15.4 Å². The van der Waals surface area contributed by atoms with Gasteiger partial charge in [0.2, 0.25) is 11.8 Å². The Kier molecular flexibility index (Phi) is 8.40. The van der Waals surface area contributed by atoms with Crippen LogP contribution in [0.4, 0.5) is 11.4 Å². The van der Waals surface area contributed by atoms with Gasteiger partial charge in [0.05, 0.1) is 18.4 Å². The first-order valence-electron chi connectivity index (χ1n) is 12.5. The van der Waals surface area contributed by atoms with Crippen molar-refractivity contribution in [1.29, 1.82) is 0 Å². The predicted molar refractivity (Wildman–Crippen MR) is 151 cm³/mol. The Hall–Kier alpha value is -4.92. The summed E-state index contributed by atoms with van der Waals surface area (Å²) in [5, 5.41) is 10.2. The molecule has 1 aromatic heterocycles. The van der Waals surface area contributed by atoms with E-state index in [1.54, 1.807) is 42.3 Å². The Morgan fingerprint density at radius 1 is 0.949 bits per heavy atom. The number of hydrogen-bond acceptors (Lipinski definition) is 5. The van der Waals surface area contributed by atoms with E-state index >= 15 is 0 Å². The summed E-state index contributed by atoms with van der Waals surface area (Å²) in [5.41, 5.74) is 4.70. The van der Waals surface area contributed by atoms with Crippen molar-refractivity contribution in [2.24, 2.45) is 0 Å². The zero-order chi connectivity index (χ0) is 27.9. The van der Waals surface area contributed by atoms with Crippen LogP contribution in [0.5, 0.6) is 5.75 Å². The van der Waals surface area contributed by atoms with E-state index in [1.165, 1.54) is 11.8 Å². The number of amides is 3. The van der Waals surface area contributed by atoms with E-state index in [0.717, 1.165) is 16.8 Å². The van der Waals surface area contributed by atoms with E-state index in [1.807, 2.05) is 62.4 Å². The summed E-state index contributed by atoms with van der Waals surface area (Å²) >= 11 is 0. The Labute approximate surface area is 227 Å². The fraction of sp³-hybridized carbons (Fsp3) is 0.200. The number of likely N-dealkylation sites (N-methyl/N-ethyl adjacent to an activating group) is 1. The third kappa shape index (κ3) is 6.70. The van der Waals surface area contributed by atoms with E-state index in [4.69, 9.17) is 9.84 Å². The second kappa shape index (κ2) is 12.1. The molecule has 0 atom stereocenters. The number of aryl methyl sites for hydroxylation is 1. The molecule has 2 N–H and O–H groups in total. The van der Waals surface area contributed by atoms with Crippen molar-refractivity contribution in [2.45, 2.75) is 20.8 Å². The van der Waals surface area contributed by atoms with Crippen LogP contribution in [0.2, 0.25) is 0 Å². The van der Waals surface area contributed by atoms with Gasteiger partial charge in [-0.05, 0) is 62.4 Å². The van der Waals surface area contributed by atoms with Gasteiger partial charge in [-0.1, -0.05) is 29.8 Å². The highest BCUT2D eigenvalue weighted by molar-refractivity contribution is 6.03. The number of nitrogens with one attached hydrogen (secondary N) is 2. The van der Waals surface area contributed by atoms with E-state index in [2.05, 4.69) is 10.6 Å². The highest BCUT2D eigenvalue weighted by Crippen LogP contribution is 2.28. The SMILES string of the molecule is CCN(CC(=O)Nc1ccc(NC(C)=O)cc1)C(=O)c1cn(-c2ccc(C)cc2)nc1-c1cccc(OC)c1. The maximum absolute atomic E-state index is 13.8. The lowest BCUT2D eigenvalue weighted by Crippen LogP contribution is -2.38. The van der Waals surface area contributed by atoms with Gasteiger partial charge in [-0.2, -0.15) is 5.10 Å². The van der Waals surface area contributed by atoms with Crippen molar-refractivity contribution >= 4 is 29.1 Å².